The Morgan fingerprint density at radius 3 is 2.08 bits per heavy atom. The monoisotopic (exact) mass is 505 g/mol. The third kappa shape index (κ3) is 5.48. The molecular weight excluding hydrogens is 474 g/mol. The highest BCUT2D eigenvalue weighted by Gasteiger charge is 2.43. The Labute approximate surface area is 216 Å². The van der Waals surface area contributed by atoms with Gasteiger partial charge in [-0.25, -0.2) is 4.79 Å². The zero-order valence-electron chi connectivity index (χ0n) is 21.4. The summed E-state index contributed by atoms with van der Waals surface area (Å²) >= 11 is 0. The molecule has 0 N–H and O–H groups in total. The molecule has 0 aromatic heterocycles. The van der Waals surface area contributed by atoms with Gasteiger partial charge in [0.1, 0.15) is 18.4 Å². The maximum absolute atomic E-state index is 13.3. The minimum atomic E-state index is -0.748. The molecule has 1 heterocycles. The average molecular weight is 506 g/mol. The van der Waals surface area contributed by atoms with Crippen molar-refractivity contribution in [3.63, 3.8) is 0 Å². The fraction of sp³-hybridized carbons (Fsp3) is 0.310. The van der Waals surface area contributed by atoms with Crippen molar-refractivity contribution < 1.29 is 33.3 Å². The number of esters is 1. The lowest BCUT2D eigenvalue weighted by Crippen LogP contribution is -2.42. The molecule has 0 aliphatic carbocycles. The van der Waals surface area contributed by atoms with E-state index in [1.54, 1.807) is 24.1 Å². The number of likely N-dealkylation sites (tertiary alicyclic amines) is 1. The van der Waals surface area contributed by atoms with E-state index in [0.29, 0.717) is 35.0 Å². The van der Waals surface area contributed by atoms with E-state index in [0.717, 1.165) is 11.1 Å². The van der Waals surface area contributed by atoms with Gasteiger partial charge in [0.15, 0.2) is 11.5 Å². The summed E-state index contributed by atoms with van der Waals surface area (Å²) in [5, 5.41) is 0. The summed E-state index contributed by atoms with van der Waals surface area (Å²) in [5.74, 6) is 1.43. The highest BCUT2D eigenvalue weighted by atomic mass is 16.5. The van der Waals surface area contributed by atoms with E-state index in [-0.39, 0.29) is 18.9 Å². The number of hydrogen-bond acceptors (Lipinski definition) is 7. The van der Waals surface area contributed by atoms with E-state index in [1.807, 2.05) is 54.6 Å². The van der Waals surface area contributed by atoms with Crippen molar-refractivity contribution in [3.8, 4) is 23.0 Å². The van der Waals surface area contributed by atoms with Gasteiger partial charge < -0.3 is 28.6 Å². The summed E-state index contributed by atoms with van der Waals surface area (Å²) in [6.45, 7) is 0.135. The second-order valence-electron chi connectivity index (χ2n) is 8.58. The molecule has 0 bridgehead atoms. The molecule has 2 unspecified atom stereocenters. The number of hydrogen-bond donors (Lipinski definition) is 0. The fourth-order valence-corrected chi connectivity index (χ4v) is 4.64. The van der Waals surface area contributed by atoms with Crippen molar-refractivity contribution in [3.05, 3.63) is 83.4 Å². The van der Waals surface area contributed by atoms with Crippen LogP contribution in [0.15, 0.2) is 66.7 Å². The van der Waals surface area contributed by atoms with Gasteiger partial charge in [-0.05, 0) is 47.4 Å². The number of methoxy groups -OCH3 is 4. The van der Waals surface area contributed by atoms with Gasteiger partial charge in [-0.3, -0.25) is 4.79 Å². The van der Waals surface area contributed by atoms with Gasteiger partial charge in [0.25, 0.3) is 0 Å². The molecule has 8 heteroatoms. The van der Waals surface area contributed by atoms with E-state index >= 15 is 0 Å². The molecule has 1 aliphatic heterocycles. The summed E-state index contributed by atoms with van der Waals surface area (Å²) < 4.78 is 27.6. The predicted molar refractivity (Wildman–Crippen MR) is 137 cm³/mol. The zero-order valence-corrected chi connectivity index (χ0v) is 21.4. The topological polar surface area (TPSA) is 83.5 Å². The summed E-state index contributed by atoms with van der Waals surface area (Å²) in [7, 11) is 6.20. The largest absolute Gasteiger partial charge is 0.497 e. The van der Waals surface area contributed by atoms with Crippen molar-refractivity contribution >= 4 is 11.9 Å². The normalized spacial score (nSPS) is 15.7. The first-order valence-electron chi connectivity index (χ1n) is 12.0. The van der Waals surface area contributed by atoms with Gasteiger partial charge in [0.05, 0.1) is 34.5 Å². The van der Waals surface area contributed by atoms with E-state index in [9.17, 15) is 9.59 Å². The first-order valence-corrected chi connectivity index (χ1v) is 12.0. The van der Waals surface area contributed by atoms with Gasteiger partial charge in [-0.15, -0.1) is 0 Å². The van der Waals surface area contributed by atoms with Crippen LogP contribution < -0.4 is 18.9 Å². The molecule has 1 saturated heterocycles. The smallest absolute Gasteiger partial charge is 0.329 e. The molecule has 2 atom stereocenters. The number of carbonyl (C=O) groups excluding carboxylic acids is 2. The van der Waals surface area contributed by atoms with Gasteiger partial charge in [-0.1, -0.05) is 42.5 Å². The van der Waals surface area contributed by atoms with Crippen molar-refractivity contribution in [2.24, 2.45) is 0 Å². The summed E-state index contributed by atoms with van der Waals surface area (Å²) in [6, 6.07) is 19.1. The first kappa shape index (κ1) is 25.9. The standard InChI is InChI=1S/C29H31NO7/c1-33-22-12-10-20(11-13-22)27(21-16-24(34-2)28(36-4)25(17-21)35-3)30-23(14-15-26(30)31)29(32)37-18-19-8-6-5-7-9-19/h5-13,16-17,23,27H,14-15,18H2,1-4H3. The first-order chi connectivity index (χ1) is 18.0. The van der Waals surface area contributed by atoms with Crippen molar-refractivity contribution in [1.82, 2.24) is 4.90 Å². The number of amides is 1. The Hall–Kier alpha value is -4.20. The van der Waals surface area contributed by atoms with E-state index in [2.05, 4.69) is 0 Å². The van der Waals surface area contributed by atoms with Gasteiger partial charge >= 0.3 is 5.97 Å². The number of ether oxygens (including phenoxy) is 5. The number of rotatable bonds is 10. The van der Waals surface area contributed by atoms with Crippen LogP contribution in [0, 0.1) is 0 Å². The fourth-order valence-electron chi connectivity index (χ4n) is 4.64. The van der Waals surface area contributed by atoms with Crippen LogP contribution in [0.4, 0.5) is 0 Å². The Morgan fingerprint density at radius 2 is 1.51 bits per heavy atom. The van der Waals surface area contributed by atoms with Gasteiger partial charge in [0, 0.05) is 6.42 Å². The predicted octanol–water partition coefficient (Wildman–Crippen LogP) is 4.54. The molecule has 37 heavy (non-hydrogen) atoms. The van der Waals surface area contributed by atoms with Crippen molar-refractivity contribution in [2.75, 3.05) is 28.4 Å². The van der Waals surface area contributed by atoms with Gasteiger partial charge in [-0.2, -0.15) is 0 Å². The Morgan fingerprint density at radius 1 is 0.865 bits per heavy atom. The van der Waals surface area contributed by atoms with E-state index < -0.39 is 18.1 Å². The molecule has 3 aromatic carbocycles. The Balaban J connectivity index is 1.76. The van der Waals surface area contributed by atoms with Crippen LogP contribution in [-0.4, -0.2) is 51.3 Å². The molecule has 3 aromatic rings. The molecule has 1 aliphatic rings. The Bertz CT molecular complexity index is 1200. The molecule has 4 rings (SSSR count). The third-order valence-electron chi connectivity index (χ3n) is 6.46. The van der Waals surface area contributed by atoms with Crippen LogP contribution >= 0.6 is 0 Å². The molecule has 0 spiro atoms. The van der Waals surface area contributed by atoms with Crippen LogP contribution in [0.25, 0.3) is 0 Å². The van der Waals surface area contributed by atoms with E-state index in [4.69, 9.17) is 23.7 Å². The lowest BCUT2D eigenvalue weighted by molar-refractivity contribution is -0.154. The van der Waals surface area contributed by atoms with Crippen LogP contribution in [0.1, 0.15) is 35.6 Å². The lowest BCUT2D eigenvalue weighted by Gasteiger charge is -2.33. The van der Waals surface area contributed by atoms with E-state index in [1.165, 1.54) is 21.3 Å². The average Bonchev–Trinajstić information content (AvgIpc) is 3.32. The molecule has 1 amide bonds. The second-order valence-corrected chi connectivity index (χ2v) is 8.58. The molecule has 1 fully saturated rings. The maximum Gasteiger partial charge on any atom is 0.329 e. The SMILES string of the molecule is COc1ccc(C(c2cc(OC)c(OC)c(OC)c2)N2C(=O)CCC2C(=O)OCc2ccccc2)cc1. The van der Waals surface area contributed by atoms with Gasteiger partial charge in [0.2, 0.25) is 11.7 Å². The third-order valence-corrected chi connectivity index (χ3v) is 6.46. The van der Waals surface area contributed by atoms with Crippen LogP contribution in [0.2, 0.25) is 0 Å². The van der Waals surface area contributed by atoms with Crippen LogP contribution in [-0.2, 0) is 20.9 Å². The van der Waals surface area contributed by atoms with Crippen LogP contribution in [0.3, 0.4) is 0 Å². The molecule has 194 valence electrons. The number of benzene rings is 3. The number of carbonyl (C=O) groups is 2. The van der Waals surface area contributed by atoms with Crippen molar-refractivity contribution in [2.45, 2.75) is 31.5 Å². The maximum atomic E-state index is 13.3. The highest BCUT2D eigenvalue weighted by Crippen LogP contribution is 2.44. The number of nitrogens with zero attached hydrogens (tertiary/aromatic N) is 1. The Kier molecular flexibility index (Phi) is 8.18. The summed E-state index contributed by atoms with van der Waals surface area (Å²) in [6.07, 6.45) is 0.603. The zero-order chi connectivity index (χ0) is 26.4. The second kappa shape index (κ2) is 11.7. The minimum absolute atomic E-state index is 0.135. The molecular formula is C29H31NO7. The summed E-state index contributed by atoms with van der Waals surface area (Å²) in [5.41, 5.74) is 2.38. The summed E-state index contributed by atoms with van der Waals surface area (Å²) in [4.78, 5) is 28.2. The quantitative estimate of drug-likeness (QED) is 0.374. The lowest BCUT2D eigenvalue weighted by atomic mass is 9.95. The molecule has 8 nitrogen and oxygen atoms in total. The van der Waals surface area contributed by atoms with Crippen LogP contribution in [0.5, 0.6) is 23.0 Å². The minimum Gasteiger partial charge on any atom is -0.497 e. The molecule has 0 radical (unpaired) electrons. The molecule has 0 saturated carbocycles. The van der Waals surface area contributed by atoms with Crippen molar-refractivity contribution in [1.29, 1.82) is 0 Å². The highest BCUT2D eigenvalue weighted by molar-refractivity contribution is 5.89.